The zero-order valence-corrected chi connectivity index (χ0v) is 13.4. The van der Waals surface area contributed by atoms with Crippen LogP contribution in [0, 0.1) is 17.1 Å². The monoisotopic (exact) mass is 355 g/mol. The minimum atomic E-state index is -4.54. The van der Waals surface area contributed by atoms with Gasteiger partial charge in [-0.15, -0.1) is 0 Å². The van der Waals surface area contributed by atoms with Gasteiger partial charge in [0.1, 0.15) is 17.9 Å². The van der Waals surface area contributed by atoms with Gasteiger partial charge in [0, 0.05) is 23.8 Å². The van der Waals surface area contributed by atoms with E-state index in [0.717, 1.165) is 40.5 Å². The summed E-state index contributed by atoms with van der Waals surface area (Å²) in [6.45, 7) is 1.68. The molecule has 0 fully saturated rings. The van der Waals surface area contributed by atoms with E-state index >= 15 is 0 Å². The molecule has 0 N–H and O–H groups in total. The average Bonchev–Trinajstić information content (AvgIpc) is 2.55. The fourth-order valence-electron chi connectivity index (χ4n) is 2.13. The lowest BCUT2D eigenvalue weighted by molar-refractivity contribution is -0.172. The molecule has 0 radical (unpaired) electrons. The van der Waals surface area contributed by atoms with E-state index in [4.69, 9.17) is 5.26 Å². The second kappa shape index (κ2) is 7.64. The van der Waals surface area contributed by atoms with Crippen molar-refractivity contribution in [3.63, 3.8) is 0 Å². The summed E-state index contributed by atoms with van der Waals surface area (Å²) in [4.78, 5) is 4.27. The number of nitrogens with zero attached hydrogens (tertiary/aromatic N) is 3. The van der Waals surface area contributed by atoms with Crippen molar-refractivity contribution in [1.29, 1.82) is 5.26 Å². The van der Waals surface area contributed by atoms with Crippen LogP contribution in [0.4, 0.5) is 17.6 Å². The van der Waals surface area contributed by atoms with E-state index in [0.29, 0.717) is 4.90 Å². The molecule has 0 saturated carbocycles. The number of benzene rings is 1. The number of hydrogen-bond acceptors (Lipinski definition) is 4. The summed E-state index contributed by atoms with van der Waals surface area (Å²) in [7, 11) is 0. The Morgan fingerprint density at radius 1 is 1.25 bits per heavy atom. The van der Waals surface area contributed by atoms with Gasteiger partial charge in [-0.1, -0.05) is 19.1 Å². The van der Waals surface area contributed by atoms with Gasteiger partial charge in [-0.25, -0.2) is 8.70 Å². The quantitative estimate of drug-likeness (QED) is 0.574. The Morgan fingerprint density at radius 2 is 1.92 bits per heavy atom. The normalized spacial score (nSPS) is 12.9. The molecule has 0 aliphatic heterocycles. The highest BCUT2D eigenvalue weighted by molar-refractivity contribution is 7.97. The summed E-state index contributed by atoms with van der Waals surface area (Å²) in [6.07, 6.45) is -1.81. The molecule has 0 spiro atoms. The lowest BCUT2D eigenvalue weighted by atomic mass is 10.1. The Balaban J connectivity index is 2.35. The Kier molecular flexibility index (Phi) is 5.80. The van der Waals surface area contributed by atoms with Gasteiger partial charge in [0.15, 0.2) is 0 Å². The first kappa shape index (κ1) is 18.2. The minimum Gasteiger partial charge on any atom is -0.262 e. The van der Waals surface area contributed by atoms with Crippen LogP contribution in [0.5, 0.6) is 0 Å². The van der Waals surface area contributed by atoms with Crippen LogP contribution in [-0.2, 0) is 0 Å². The predicted molar refractivity (Wildman–Crippen MR) is 82.4 cm³/mol. The van der Waals surface area contributed by atoms with Crippen molar-refractivity contribution in [1.82, 2.24) is 9.29 Å². The molecular formula is C16H13F4N3S. The summed E-state index contributed by atoms with van der Waals surface area (Å²) >= 11 is 0.858. The molecule has 3 nitrogen and oxygen atoms in total. The molecule has 0 saturated heterocycles. The van der Waals surface area contributed by atoms with Crippen molar-refractivity contribution < 1.29 is 17.6 Å². The van der Waals surface area contributed by atoms with E-state index in [1.165, 1.54) is 18.5 Å². The minimum absolute atomic E-state index is 0.0531. The standard InChI is InChI=1S/C16H13F4N3S/c1-2-23(24-14-7-11(8-21)9-22-10-14)15(16(18,19)20)12-3-5-13(17)6-4-12/h3-7,9-10,15H,2H2,1H3/t15-/m1/s1. The van der Waals surface area contributed by atoms with E-state index in [-0.39, 0.29) is 17.7 Å². The summed E-state index contributed by atoms with van der Waals surface area (Å²) in [5, 5.41) is 8.87. The number of halogens is 4. The van der Waals surface area contributed by atoms with Crippen molar-refractivity contribution >= 4 is 11.9 Å². The number of aromatic nitrogens is 1. The zero-order valence-electron chi connectivity index (χ0n) is 12.6. The first-order valence-corrected chi connectivity index (χ1v) is 7.74. The molecule has 0 aliphatic rings. The van der Waals surface area contributed by atoms with Crippen molar-refractivity contribution in [2.45, 2.75) is 24.0 Å². The SMILES string of the molecule is CCN(Sc1cncc(C#N)c1)[C@H](c1ccc(F)cc1)C(F)(F)F. The van der Waals surface area contributed by atoms with Crippen molar-refractivity contribution in [2.24, 2.45) is 0 Å². The van der Waals surface area contributed by atoms with Crippen LogP contribution in [-0.4, -0.2) is 22.0 Å². The summed E-state index contributed by atoms with van der Waals surface area (Å²) in [5.74, 6) is -0.596. The second-order valence-electron chi connectivity index (χ2n) is 4.84. The molecule has 8 heteroatoms. The first-order valence-electron chi connectivity index (χ1n) is 6.97. The molecule has 2 aromatic rings. The van der Waals surface area contributed by atoms with Crippen LogP contribution in [0.1, 0.15) is 24.1 Å². The van der Waals surface area contributed by atoms with Gasteiger partial charge in [0.2, 0.25) is 0 Å². The maximum Gasteiger partial charge on any atom is 0.408 e. The second-order valence-corrected chi connectivity index (χ2v) is 5.96. The van der Waals surface area contributed by atoms with Gasteiger partial charge < -0.3 is 0 Å². The maximum absolute atomic E-state index is 13.6. The van der Waals surface area contributed by atoms with Crippen LogP contribution in [0.2, 0.25) is 0 Å². The Morgan fingerprint density at radius 3 is 2.46 bits per heavy atom. The average molecular weight is 355 g/mol. The maximum atomic E-state index is 13.6. The molecule has 0 amide bonds. The summed E-state index contributed by atoms with van der Waals surface area (Å²) in [5.41, 5.74) is 0.212. The van der Waals surface area contributed by atoms with E-state index in [1.807, 2.05) is 6.07 Å². The molecule has 0 aliphatic carbocycles. The Labute approximate surface area is 141 Å². The number of rotatable bonds is 5. The summed E-state index contributed by atoms with van der Waals surface area (Å²) < 4.78 is 54.9. The highest BCUT2D eigenvalue weighted by Crippen LogP contribution is 2.42. The number of hydrogen-bond donors (Lipinski definition) is 0. The third kappa shape index (κ3) is 4.46. The van der Waals surface area contributed by atoms with Crippen molar-refractivity contribution in [3.8, 4) is 6.07 Å². The molecule has 0 unspecified atom stereocenters. The van der Waals surface area contributed by atoms with Gasteiger partial charge in [0.05, 0.1) is 5.56 Å². The van der Waals surface area contributed by atoms with Gasteiger partial charge in [-0.05, 0) is 35.7 Å². The van der Waals surface area contributed by atoms with Gasteiger partial charge in [-0.2, -0.15) is 18.4 Å². The first-order chi connectivity index (χ1) is 11.3. The fourth-order valence-corrected chi connectivity index (χ4v) is 3.16. The third-order valence-corrected chi connectivity index (χ3v) is 4.30. The molecule has 126 valence electrons. The smallest absolute Gasteiger partial charge is 0.262 e. The lowest BCUT2D eigenvalue weighted by Crippen LogP contribution is -2.34. The summed E-state index contributed by atoms with van der Waals surface area (Å²) in [6, 6.07) is 5.72. The zero-order chi connectivity index (χ0) is 17.7. The molecule has 2 rings (SSSR count). The van der Waals surface area contributed by atoms with E-state index in [1.54, 1.807) is 6.92 Å². The predicted octanol–water partition coefficient (Wildman–Crippen LogP) is 4.72. The molecular weight excluding hydrogens is 342 g/mol. The topological polar surface area (TPSA) is 39.9 Å². The number of alkyl halides is 3. The van der Waals surface area contributed by atoms with E-state index in [9.17, 15) is 17.6 Å². The third-order valence-electron chi connectivity index (χ3n) is 3.16. The van der Waals surface area contributed by atoms with Gasteiger partial charge in [0.25, 0.3) is 0 Å². The number of pyridine rings is 1. The van der Waals surface area contributed by atoms with E-state index < -0.39 is 18.0 Å². The molecule has 1 atom stereocenters. The molecule has 1 aromatic carbocycles. The van der Waals surface area contributed by atoms with Gasteiger partial charge in [-0.3, -0.25) is 4.98 Å². The fraction of sp³-hybridized carbons (Fsp3) is 0.250. The molecule has 0 bridgehead atoms. The molecule has 24 heavy (non-hydrogen) atoms. The number of nitriles is 1. The highest BCUT2D eigenvalue weighted by Gasteiger charge is 2.44. The van der Waals surface area contributed by atoms with Gasteiger partial charge >= 0.3 is 6.18 Å². The van der Waals surface area contributed by atoms with Crippen LogP contribution in [0.25, 0.3) is 0 Å². The molecule has 1 aromatic heterocycles. The largest absolute Gasteiger partial charge is 0.408 e. The Hall–Kier alpha value is -2.11. The van der Waals surface area contributed by atoms with Crippen LogP contribution in [0.3, 0.4) is 0 Å². The van der Waals surface area contributed by atoms with Crippen LogP contribution >= 0.6 is 11.9 Å². The van der Waals surface area contributed by atoms with Crippen LogP contribution < -0.4 is 0 Å². The van der Waals surface area contributed by atoms with Crippen molar-refractivity contribution in [3.05, 3.63) is 59.7 Å². The molecule has 1 heterocycles. The Bertz CT molecular complexity index is 725. The van der Waals surface area contributed by atoms with E-state index in [2.05, 4.69) is 4.98 Å². The van der Waals surface area contributed by atoms with Crippen molar-refractivity contribution in [2.75, 3.05) is 6.54 Å². The highest BCUT2D eigenvalue weighted by atomic mass is 32.2. The lowest BCUT2D eigenvalue weighted by Gasteiger charge is -2.31. The van der Waals surface area contributed by atoms with Crippen LogP contribution in [0.15, 0.2) is 47.6 Å².